The van der Waals surface area contributed by atoms with Gasteiger partial charge in [-0.2, -0.15) is 0 Å². The molecule has 86 valence electrons. The molecule has 4 heteroatoms. The molecular formula is C12H15INO2+. The lowest BCUT2D eigenvalue weighted by molar-refractivity contribution is -0.588. The van der Waals surface area contributed by atoms with Crippen LogP contribution in [0.5, 0.6) is 0 Å². The second-order valence-corrected chi connectivity index (χ2v) is 4.45. The lowest BCUT2D eigenvalue weighted by atomic mass is 10.2. The first-order chi connectivity index (χ1) is 7.75. The number of benzene rings is 1. The zero-order valence-corrected chi connectivity index (χ0v) is 11.1. The summed E-state index contributed by atoms with van der Waals surface area (Å²) >= 11 is 2.09. The van der Waals surface area contributed by atoms with Crippen molar-refractivity contribution in [1.82, 2.24) is 0 Å². The molecule has 1 unspecified atom stereocenters. The third kappa shape index (κ3) is 4.32. The van der Waals surface area contributed by atoms with Gasteiger partial charge in [-0.05, 0) is 12.1 Å². The summed E-state index contributed by atoms with van der Waals surface area (Å²) in [5, 5.41) is 1.87. The first-order valence-electron chi connectivity index (χ1n) is 5.05. The lowest BCUT2D eigenvalue weighted by Crippen LogP contribution is -2.78. The van der Waals surface area contributed by atoms with Gasteiger partial charge in [-0.1, -0.05) is 52.9 Å². The first kappa shape index (κ1) is 13.2. The number of carbonyl (C=O) groups is 1. The standard InChI is InChI=1S/C12H14INO2/c1-2-14-8-9-16-12(15)11(13)10-6-4-3-5-7-10/h2-7,11,14H,1,8-9H2/p+1. The third-order valence-electron chi connectivity index (χ3n) is 1.99. The molecule has 0 amide bonds. The van der Waals surface area contributed by atoms with Crippen molar-refractivity contribution in [3.05, 3.63) is 48.7 Å². The van der Waals surface area contributed by atoms with Crippen molar-refractivity contribution < 1.29 is 14.8 Å². The molecule has 0 aliphatic rings. The number of rotatable bonds is 6. The Balaban J connectivity index is 2.39. The van der Waals surface area contributed by atoms with Crippen molar-refractivity contribution in [2.24, 2.45) is 0 Å². The van der Waals surface area contributed by atoms with Crippen LogP contribution in [0.25, 0.3) is 0 Å². The Bertz CT molecular complexity index is 340. The van der Waals surface area contributed by atoms with Gasteiger partial charge in [0.25, 0.3) is 0 Å². The van der Waals surface area contributed by atoms with Gasteiger partial charge in [0.1, 0.15) is 17.1 Å². The number of quaternary nitrogens is 1. The Morgan fingerprint density at radius 2 is 2.19 bits per heavy atom. The molecule has 0 saturated carbocycles. The van der Waals surface area contributed by atoms with Gasteiger partial charge in [0, 0.05) is 0 Å². The molecule has 1 aromatic carbocycles. The van der Waals surface area contributed by atoms with Crippen molar-refractivity contribution >= 4 is 28.6 Å². The van der Waals surface area contributed by atoms with Crippen molar-refractivity contribution in [3.8, 4) is 0 Å². The highest BCUT2D eigenvalue weighted by atomic mass is 127. The van der Waals surface area contributed by atoms with Crippen LogP contribution in [0.4, 0.5) is 0 Å². The molecule has 1 rings (SSSR count). The number of alkyl halides is 1. The zero-order valence-electron chi connectivity index (χ0n) is 8.93. The Morgan fingerprint density at radius 3 is 2.81 bits per heavy atom. The fraction of sp³-hybridized carbons (Fsp3) is 0.250. The van der Waals surface area contributed by atoms with E-state index in [1.54, 1.807) is 6.20 Å². The van der Waals surface area contributed by atoms with Crippen molar-refractivity contribution in [2.75, 3.05) is 13.2 Å². The van der Waals surface area contributed by atoms with Gasteiger partial charge in [0.15, 0.2) is 0 Å². The average Bonchev–Trinajstić information content (AvgIpc) is 2.34. The van der Waals surface area contributed by atoms with E-state index in [1.807, 2.05) is 35.6 Å². The molecule has 0 aromatic heterocycles. The van der Waals surface area contributed by atoms with Gasteiger partial charge in [-0.25, -0.2) is 0 Å². The second kappa shape index (κ2) is 7.40. The van der Waals surface area contributed by atoms with Crippen LogP contribution < -0.4 is 5.32 Å². The molecule has 1 aromatic rings. The average molecular weight is 332 g/mol. The number of esters is 1. The monoisotopic (exact) mass is 332 g/mol. The van der Waals surface area contributed by atoms with E-state index in [1.165, 1.54) is 0 Å². The first-order valence-corrected chi connectivity index (χ1v) is 6.30. The van der Waals surface area contributed by atoms with Crippen LogP contribution in [0.3, 0.4) is 0 Å². The van der Waals surface area contributed by atoms with Crippen LogP contribution in [0.2, 0.25) is 0 Å². The van der Waals surface area contributed by atoms with Crippen LogP contribution in [0.1, 0.15) is 9.49 Å². The summed E-state index contributed by atoms with van der Waals surface area (Å²) in [4.78, 5) is 11.6. The molecule has 1 atom stereocenters. The van der Waals surface area contributed by atoms with Crippen LogP contribution in [0.15, 0.2) is 43.1 Å². The fourth-order valence-electron chi connectivity index (χ4n) is 1.18. The molecule has 0 fully saturated rings. The van der Waals surface area contributed by atoms with Crippen molar-refractivity contribution in [2.45, 2.75) is 3.92 Å². The lowest BCUT2D eigenvalue weighted by Gasteiger charge is -2.09. The van der Waals surface area contributed by atoms with Gasteiger partial charge in [0.05, 0.1) is 6.20 Å². The van der Waals surface area contributed by atoms with E-state index in [2.05, 4.69) is 29.2 Å². The molecule has 3 nitrogen and oxygen atoms in total. The molecule has 0 saturated heterocycles. The quantitative estimate of drug-likeness (QED) is 0.371. The van der Waals surface area contributed by atoms with E-state index in [-0.39, 0.29) is 9.89 Å². The molecular weight excluding hydrogens is 317 g/mol. The summed E-state index contributed by atoms with van der Waals surface area (Å²) in [7, 11) is 0. The fourth-order valence-corrected chi connectivity index (χ4v) is 1.77. The molecule has 16 heavy (non-hydrogen) atoms. The number of hydrogen-bond donors (Lipinski definition) is 1. The van der Waals surface area contributed by atoms with E-state index in [0.29, 0.717) is 13.2 Å². The maximum atomic E-state index is 11.6. The van der Waals surface area contributed by atoms with Crippen molar-refractivity contribution in [1.29, 1.82) is 0 Å². The van der Waals surface area contributed by atoms with Crippen LogP contribution in [-0.4, -0.2) is 19.1 Å². The Hall–Kier alpha value is -0.880. The largest absolute Gasteiger partial charge is 0.459 e. The topological polar surface area (TPSA) is 42.9 Å². The Labute approximate surface area is 109 Å². The Morgan fingerprint density at radius 1 is 1.50 bits per heavy atom. The van der Waals surface area contributed by atoms with Crippen molar-refractivity contribution in [3.63, 3.8) is 0 Å². The summed E-state index contributed by atoms with van der Waals surface area (Å²) in [6.07, 6.45) is 1.70. The molecule has 0 bridgehead atoms. The van der Waals surface area contributed by atoms with Gasteiger partial charge >= 0.3 is 5.97 Å². The maximum Gasteiger partial charge on any atom is 0.323 e. The van der Waals surface area contributed by atoms with Gasteiger partial charge < -0.3 is 10.1 Å². The van der Waals surface area contributed by atoms with E-state index in [4.69, 9.17) is 4.74 Å². The molecule has 2 N–H and O–H groups in total. The number of ether oxygens (including phenoxy) is 1. The third-order valence-corrected chi connectivity index (χ3v) is 3.22. The molecule has 0 heterocycles. The summed E-state index contributed by atoms with van der Waals surface area (Å²) in [5.41, 5.74) is 0.973. The molecule has 0 aliphatic heterocycles. The zero-order chi connectivity index (χ0) is 11.8. The van der Waals surface area contributed by atoms with Crippen LogP contribution >= 0.6 is 22.6 Å². The Kier molecular flexibility index (Phi) is 6.10. The second-order valence-electron chi connectivity index (χ2n) is 3.20. The maximum absolute atomic E-state index is 11.6. The number of hydrogen-bond acceptors (Lipinski definition) is 2. The predicted molar refractivity (Wildman–Crippen MR) is 71.2 cm³/mol. The normalized spacial score (nSPS) is 11.8. The minimum atomic E-state index is -0.234. The van der Waals surface area contributed by atoms with Gasteiger partial charge in [0.2, 0.25) is 0 Å². The van der Waals surface area contributed by atoms with E-state index >= 15 is 0 Å². The summed E-state index contributed by atoms with van der Waals surface area (Å²) < 4.78 is 4.90. The van der Waals surface area contributed by atoms with Crippen LogP contribution in [-0.2, 0) is 9.53 Å². The molecule has 0 aliphatic carbocycles. The highest BCUT2D eigenvalue weighted by Crippen LogP contribution is 2.24. The summed E-state index contributed by atoms with van der Waals surface area (Å²) in [5.74, 6) is -0.190. The van der Waals surface area contributed by atoms with Gasteiger partial charge in [-0.3, -0.25) is 4.79 Å². The summed E-state index contributed by atoms with van der Waals surface area (Å²) in [6.45, 7) is 4.69. The highest BCUT2D eigenvalue weighted by molar-refractivity contribution is 14.1. The van der Waals surface area contributed by atoms with Crippen LogP contribution in [0, 0.1) is 0 Å². The SMILES string of the molecule is C=C[NH2+]CCOC(=O)C(I)c1ccccc1. The van der Waals surface area contributed by atoms with Gasteiger partial charge in [-0.15, -0.1) is 0 Å². The molecule has 0 radical (unpaired) electrons. The molecule has 0 spiro atoms. The van der Waals surface area contributed by atoms with E-state index < -0.39 is 0 Å². The van der Waals surface area contributed by atoms with E-state index in [0.717, 1.165) is 5.56 Å². The number of carbonyl (C=O) groups excluding carboxylic acids is 1. The summed E-state index contributed by atoms with van der Waals surface area (Å²) in [6, 6.07) is 9.61. The van der Waals surface area contributed by atoms with E-state index in [9.17, 15) is 4.79 Å². The highest BCUT2D eigenvalue weighted by Gasteiger charge is 2.17. The number of halogens is 1. The minimum absolute atomic E-state index is 0.190. The minimum Gasteiger partial charge on any atom is -0.459 e. The smallest absolute Gasteiger partial charge is 0.323 e. The number of nitrogens with two attached hydrogens (primary N) is 1. The predicted octanol–water partition coefficient (Wildman–Crippen LogP) is 1.41.